The molecule has 2 fully saturated rings. The number of nitrogens with zero attached hydrogens (tertiary/aromatic N) is 2. The minimum Gasteiger partial charge on any atom is -0.312 e. The van der Waals surface area contributed by atoms with Crippen molar-refractivity contribution in [2.24, 2.45) is 5.41 Å². The Labute approximate surface area is 171 Å². The number of para-hydroxylation sites is 1. The molecule has 1 saturated carbocycles. The third kappa shape index (κ3) is 3.46. The van der Waals surface area contributed by atoms with Crippen molar-refractivity contribution in [2.45, 2.75) is 45.1 Å². The van der Waals surface area contributed by atoms with Crippen molar-refractivity contribution in [3.63, 3.8) is 0 Å². The van der Waals surface area contributed by atoms with Gasteiger partial charge in [-0.05, 0) is 62.8 Å². The molecular formula is C24H26N2O3. The molecule has 150 valence electrons. The quantitative estimate of drug-likeness (QED) is 0.743. The SMILES string of the molecule is Cc1ccccc1C(=O)N(C=O)C1CCC2(CC1)CCN(c1ccccc1)C2=O. The average Bonchev–Trinajstić information content (AvgIpc) is 3.07. The van der Waals surface area contributed by atoms with E-state index in [0.717, 1.165) is 24.2 Å². The predicted molar refractivity (Wildman–Crippen MR) is 112 cm³/mol. The largest absolute Gasteiger partial charge is 0.312 e. The molecule has 0 aromatic heterocycles. The second kappa shape index (κ2) is 7.82. The molecule has 2 aromatic rings. The Morgan fingerprint density at radius 2 is 1.69 bits per heavy atom. The molecule has 0 radical (unpaired) electrons. The smallest absolute Gasteiger partial charge is 0.260 e. The summed E-state index contributed by atoms with van der Waals surface area (Å²) in [7, 11) is 0. The van der Waals surface area contributed by atoms with E-state index in [9.17, 15) is 14.4 Å². The maximum Gasteiger partial charge on any atom is 0.260 e. The van der Waals surface area contributed by atoms with Gasteiger partial charge in [0.15, 0.2) is 0 Å². The number of benzene rings is 2. The van der Waals surface area contributed by atoms with Crippen LogP contribution in [-0.2, 0) is 9.59 Å². The number of imide groups is 1. The fourth-order valence-corrected chi connectivity index (χ4v) is 4.82. The maximum absolute atomic E-state index is 13.2. The minimum absolute atomic E-state index is 0.149. The Hall–Kier alpha value is -2.95. The summed E-state index contributed by atoms with van der Waals surface area (Å²) in [5.74, 6) is -0.0623. The molecule has 0 N–H and O–H groups in total. The molecule has 29 heavy (non-hydrogen) atoms. The highest BCUT2D eigenvalue weighted by atomic mass is 16.2. The van der Waals surface area contributed by atoms with E-state index in [0.29, 0.717) is 37.7 Å². The van der Waals surface area contributed by atoms with Crippen LogP contribution in [0.5, 0.6) is 0 Å². The second-order valence-electron chi connectivity index (χ2n) is 8.19. The van der Waals surface area contributed by atoms with Crippen LogP contribution in [0.4, 0.5) is 5.69 Å². The molecule has 1 aliphatic heterocycles. The standard InChI is InChI=1S/C24H26N2O3/c1-18-7-5-6-10-21(18)22(28)26(17-27)20-11-13-24(14-12-20)15-16-25(23(24)29)19-8-3-2-4-9-19/h2-10,17,20H,11-16H2,1H3. The van der Waals surface area contributed by atoms with Gasteiger partial charge in [-0.1, -0.05) is 36.4 Å². The number of rotatable bonds is 4. The lowest BCUT2D eigenvalue weighted by Crippen LogP contribution is -2.46. The second-order valence-corrected chi connectivity index (χ2v) is 8.19. The fraction of sp³-hybridized carbons (Fsp3) is 0.375. The lowest BCUT2D eigenvalue weighted by Gasteiger charge is -2.38. The van der Waals surface area contributed by atoms with E-state index in [1.807, 2.05) is 60.4 Å². The summed E-state index contributed by atoms with van der Waals surface area (Å²) in [6.45, 7) is 2.61. The van der Waals surface area contributed by atoms with E-state index in [4.69, 9.17) is 0 Å². The monoisotopic (exact) mass is 390 g/mol. The zero-order valence-corrected chi connectivity index (χ0v) is 16.7. The van der Waals surface area contributed by atoms with Crippen LogP contribution in [0.3, 0.4) is 0 Å². The zero-order chi connectivity index (χ0) is 20.4. The van der Waals surface area contributed by atoms with Crippen LogP contribution in [0.2, 0.25) is 0 Å². The number of aryl methyl sites for hydroxylation is 1. The minimum atomic E-state index is -0.355. The average molecular weight is 390 g/mol. The van der Waals surface area contributed by atoms with Gasteiger partial charge in [0.1, 0.15) is 0 Å². The van der Waals surface area contributed by atoms with Crippen LogP contribution < -0.4 is 4.90 Å². The van der Waals surface area contributed by atoms with Crippen LogP contribution in [0.1, 0.15) is 48.0 Å². The van der Waals surface area contributed by atoms with Gasteiger partial charge in [0, 0.05) is 23.8 Å². The molecule has 1 aliphatic carbocycles. The number of carbonyl (C=O) groups is 3. The molecular weight excluding hydrogens is 364 g/mol. The first-order chi connectivity index (χ1) is 14.1. The van der Waals surface area contributed by atoms with Crippen LogP contribution >= 0.6 is 0 Å². The van der Waals surface area contributed by atoms with Crippen LogP contribution in [0.15, 0.2) is 54.6 Å². The number of anilines is 1. The Bertz CT molecular complexity index is 917. The molecule has 0 atom stereocenters. The van der Waals surface area contributed by atoms with Gasteiger partial charge in [-0.3, -0.25) is 19.3 Å². The molecule has 0 bridgehead atoms. The van der Waals surface area contributed by atoms with Crippen molar-refractivity contribution in [1.82, 2.24) is 4.90 Å². The number of hydrogen-bond donors (Lipinski definition) is 0. The van der Waals surface area contributed by atoms with Gasteiger partial charge in [-0.25, -0.2) is 0 Å². The van der Waals surface area contributed by atoms with E-state index in [2.05, 4.69) is 0 Å². The third-order valence-corrected chi connectivity index (χ3v) is 6.61. The Morgan fingerprint density at radius 3 is 2.34 bits per heavy atom. The lowest BCUT2D eigenvalue weighted by atomic mass is 9.71. The summed E-state index contributed by atoms with van der Waals surface area (Å²) in [4.78, 5) is 41.1. The Morgan fingerprint density at radius 1 is 1.03 bits per heavy atom. The molecule has 4 rings (SSSR count). The van der Waals surface area contributed by atoms with Crippen molar-refractivity contribution in [3.05, 3.63) is 65.7 Å². The van der Waals surface area contributed by atoms with Gasteiger partial charge in [0.2, 0.25) is 12.3 Å². The van der Waals surface area contributed by atoms with Crippen LogP contribution in [0.25, 0.3) is 0 Å². The van der Waals surface area contributed by atoms with Gasteiger partial charge < -0.3 is 4.90 Å². The molecule has 1 heterocycles. The van der Waals surface area contributed by atoms with E-state index < -0.39 is 0 Å². The summed E-state index contributed by atoms with van der Waals surface area (Å²) in [5, 5.41) is 0. The Kier molecular flexibility index (Phi) is 5.22. The van der Waals surface area contributed by atoms with Gasteiger partial charge in [-0.15, -0.1) is 0 Å². The number of carbonyl (C=O) groups excluding carboxylic acids is 3. The van der Waals surface area contributed by atoms with Crippen molar-refractivity contribution in [1.29, 1.82) is 0 Å². The van der Waals surface area contributed by atoms with Crippen molar-refractivity contribution >= 4 is 23.9 Å². The highest BCUT2D eigenvalue weighted by Crippen LogP contribution is 2.46. The topological polar surface area (TPSA) is 57.7 Å². The predicted octanol–water partition coefficient (Wildman–Crippen LogP) is 3.96. The van der Waals surface area contributed by atoms with Crippen molar-refractivity contribution in [2.75, 3.05) is 11.4 Å². The van der Waals surface area contributed by atoms with E-state index >= 15 is 0 Å². The first-order valence-corrected chi connectivity index (χ1v) is 10.3. The van der Waals surface area contributed by atoms with Gasteiger partial charge >= 0.3 is 0 Å². The number of hydrogen-bond acceptors (Lipinski definition) is 3. The summed E-state index contributed by atoms with van der Waals surface area (Å²) in [5.41, 5.74) is 2.01. The summed E-state index contributed by atoms with van der Waals surface area (Å²) < 4.78 is 0. The van der Waals surface area contributed by atoms with E-state index in [-0.39, 0.29) is 23.3 Å². The van der Waals surface area contributed by atoms with E-state index in [1.54, 1.807) is 6.07 Å². The molecule has 5 heteroatoms. The molecule has 2 aromatic carbocycles. The van der Waals surface area contributed by atoms with Crippen molar-refractivity contribution < 1.29 is 14.4 Å². The lowest BCUT2D eigenvalue weighted by molar-refractivity contribution is -0.128. The molecule has 1 spiro atoms. The first-order valence-electron chi connectivity index (χ1n) is 10.3. The summed E-state index contributed by atoms with van der Waals surface area (Å²) in [6, 6.07) is 17.0. The van der Waals surface area contributed by atoms with Gasteiger partial charge in [-0.2, -0.15) is 0 Å². The van der Waals surface area contributed by atoms with Gasteiger partial charge in [0.05, 0.1) is 5.41 Å². The maximum atomic E-state index is 13.2. The van der Waals surface area contributed by atoms with Gasteiger partial charge in [0.25, 0.3) is 5.91 Å². The summed E-state index contributed by atoms with van der Waals surface area (Å²) >= 11 is 0. The molecule has 2 aliphatic rings. The highest BCUT2D eigenvalue weighted by molar-refractivity contribution is 6.02. The molecule has 3 amide bonds. The fourth-order valence-electron chi connectivity index (χ4n) is 4.82. The highest BCUT2D eigenvalue weighted by Gasteiger charge is 2.49. The Balaban J connectivity index is 1.46. The zero-order valence-electron chi connectivity index (χ0n) is 16.7. The van der Waals surface area contributed by atoms with Crippen LogP contribution in [0, 0.1) is 12.3 Å². The summed E-state index contributed by atoms with van der Waals surface area (Å²) in [6.07, 6.45) is 4.26. The van der Waals surface area contributed by atoms with Crippen LogP contribution in [-0.4, -0.2) is 35.7 Å². The van der Waals surface area contributed by atoms with Crippen molar-refractivity contribution in [3.8, 4) is 0 Å². The normalized spacial score (nSPS) is 24.0. The molecule has 0 unspecified atom stereocenters. The number of amides is 3. The molecule has 1 saturated heterocycles. The molecule has 5 nitrogen and oxygen atoms in total. The van der Waals surface area contributed by atoms with E-state index in [1.165, 1.54) is 4.90 Å². The first kappa shape index (κ1) is 19.4. The third-order valence-electron chi connectivity index (χ3n) is 6.61.